The van der Waals surface area contributed by atoms with Gasteiger partial charge in [0.15, 0.2) is 29.3 Å². The molecule has 0 saturated carbocycles. The van der Waals surface area contributed by atoms with Gasteiger partial charge in [-0.05, 0) is 41.3 Å². The summed E-state index contributed by atoms with van der Waals surface area (Å²) in [4.78, 5) is 30.1. The van der Waals surface area contributed by atoms with Crippen molar-refractivity contribution in [2.45, 2.75) is 62.6 Å². The molecular weight excluding hydrogens is 676 g/mol. The molecule has 0 spiro atoms. The molecule has 19 heteroatoms. The van der Waals surface area contributed by atoms with E-state index >= 15 is 0 Å². The van der Waals surface area contributed by atoms with E-state index in [0.29, 0.717) is 43.2 Å². The molecule has 2 aromatic carbocycles. The average molecular weight is 717 g/mol. The Morgan fingerprint density at radius 1 is 1.04 bits per heavy atom. The molecule has 1 unspecified atom stereocenters. The van der Waals surface area contributed by atoms with E-state index in [9.17, 15) is 30.3 Å². The van der Waals surface area contributed by atoms with Gasteiger partial charge in [-0.25, -0.2) is 9.78 Å². The van der Waals surface area contributed by atoms with Crippen LogP contribution in [0.25, 0.3) is 11.2 Å². The Bertz CT molecular complexity index is 1980. The van der Waals surface area contributed by atoms with Crippen molar-refractivity contribution in [3.63, 3.8) is 0 Å². The van der Waals surface area contributed by atoms with Gasteiger partial charge in [-0.3, -0.25) is 4.57 Å². The van der Waals surface area contributed by atoms with Crippen molar-refractivity contribution in [3.05, 3.63) is 77.9 Å². The van der Waals surface area contributed by atoms with Gasteiger partial charge in [0.05, 0.1) is 32.1 Å². The molecule has 0 aliphatic carbocycles. The number of tetrazole rings is 1. The van der Waals surface area contributed by atoms with Crippen molar-refractivity contribution in [2.75, 3.05) is 36.5 Å². The van der Waals surface area contributed by atoms with Crippen LogP contribution in [0.1, 0.15) is 35.7 Å². The Balaban J connectivity index is 1.14. The minimum absolute atomic E-state index is 0.0397. The van der Waals surface area contributed by atoms with Crippen LogP contribution in [0.2, 0.25) is 0 Å². The summed E-state index contributed by atoms with van der Waals surface area (Å²) in [5.41, 5.74) is 2.40. The van der Waals surface area contributed by atoms with Gasteiger partial charge in [0.1, 0.15) is 18.0 Å². The number of ether oxygens (including phenoxy) is 1. The number of aliphatic hydroxyl groups excluding tert-OH is 4. The quantitative estimate of drug-likeness (QED) is 0.0771. The molecule has 19 nitrogen and oxygen atoms in total. The molecule has 0 bridgehead atoms. The van der Waals surface area contributed by atoms with Gasteiger partial charge in [0.2, 0.25) is 11.8 Å². The zero-order valence-electron chi connectivity index (χ0n) is 28.0. The monoisotopic (exact) mass is 716 g/mol. The second kappa shape index (κ2) is 15.4. The lowest BCUT2D eigenvalue weighted by Crippen LogP contribution is -2.43. The molecule has 6 atom stereocenters. The number of amides is 2. The van der Waals surface area contributed by atoms with Gasteiger partial charge in [-0.2, -0.15) is 14.8 Å². The normalized spacial score (nSPS) is 22.2. The first kappa shape index (κ1) is 35.0. The van der Waals surface area contributed by atoms with Crippen molar-refractivity contribution in [3.8, 4) is 5.75 Å². The van der Waals surface area contributed by atoms with Crippen LogP contribution in [0.4, 0.5) is 16.6 Å². The number of nitrogens with zero attached hydrogens (tertiary/aromatic N) is 9. The summed E-state index contributed by atoms with van der Waals surface area (Å²) >= 11 is 0. The topological polar surface area (TPSA) is 254 Å². The molecular formula is C33H40N12O7. The number of urea groups is 1. The Labute approximate surface area is 296 Å². The number of aliphatic hydroxyl groups is 4. The molecule has 5 heterocycles. The third kappa shape index (κ3) is 7.58. The fourth-order valence-corrected chi connectivity index (χ4v) is 6.39. The fraction of sp³-hybridized carbons (Fsp3) is 0.424. The number of rotatable bonds is 13. The van der Waals surface area contributed by atoms with E-state index in [1.165, 1.54) is 15.7 Å². The highest BCUT2D eigenvalue weighted by atomic mass is 16.6. The lowest BCUT2D eigenvalue weighted by molar-refractivity contribution is -0.0384. The van der Waals surface area contributed by atoms with E-state index in [2.05, 4.69) is 36.3 Å². The first-order chi connectivity index (χ1) is 25.3. The summed E-state index contributed by atoms with van der Waals surface area (Å²) in [5.74, 6) is 0.815. The standard InChI is InChI=1S/C33H40N12O7/c46-12-11-45-41-29(40-42-45)27-25(49)26(50)31(52-27)44-18-35-24-28(36-22(17-47)13-19-5-2-1-3-6-19)38-32(39-30(24)44)43-10-9-21(16-43)37-33(51)34-15-20-7-4-8-23(48)14-20/h1-8,14,18,21-22,25-27,31,46-50H,9-13,15-17H2,(H2,34,37,51)(H,36,38,39)/t21?,22-,25-,26+,27-,31+/m0/s1. The Morgan fingerprint density at radius 2 is 1.87 bits per heavy atom. The van der Waals surface area contributed by atoms with Crippen LogP contribution in [0.5, 0.6) is 5.75 Å². The number of carbonyl (C=O) groups is 1. The summed E-state index contributed by atoms with van der Waals surface area (Å²) in [6.45, 7) is 0.836. The van der Waals surface area contributed by atoms with Gasteiger partial charge in [0.25, 0.3) is 0 Å². The highest BCUT2D eigenvalue weighted by molar-refractivity contribution is 5.84. The molecule has 5 aromatic rings. The first-order valence-electron chi connectivity index (χ1n) is 16.9. The smallest absolute Gasteiger partial charge is 0.315 e. The van der Waals surface area contributed by atoms with E-state index in [1.807, 2.05) is 35.2 Å². The summed E-state index contributed by atoms with van der Waals surface area (Å²) < 4.78 is 7.61. The van der Waals surface area contributed by atoms with Crippen molar-refractivity contribution in [1.82, 2.24) is 50.4 Å². The van der Waals surface area contributed by atoms with Crippen LogP contribution in [0.3, 0.4) is 0 Å². The number of hydrogen-bond donors (Lipinski definition) is 8. The van der Waals surface area contributed by atoms with Crippen LogP contribution in [0.15, 0.2) is 60.9 Å². The second-order valence-corrected chi connectivity index (χ2v) is 12.7. The number of phenolic OH excluding ortho intramolecular Hbond substituents is 1. The lowest BCUT2D eigenvalue weighted by atomic mass is 10.1. The predicted octanol–water partition coefficient (Wildman–Crippen LogP) is -0.404. The Hall–Kier alpha value is -5.47. The maximum atomic E-state index is 12.7. The minimum atomic E-state index is -1.43. The molecule has 2 saturated heterocycles. The maximum Gasteiger partial charge on any atom is 0.315 e. The molecule has 2 aliphatic heterocycles. The zero-order valence-corrected chi connectivity index (χ0v) is 28.0. The van der Waals surface area contributed by atoms with Crippen LogP contribution in [-0.2, 0) is 24.2 Å². The molecule has 7 rings (SSSR count). The van der Waals surface area contributed by atoms with E-state index in [4.69, 9.17) is 14.7 Å². The van der Waals surface area contributed by atoms with E-state index < -0.39 is 30.6 Å². The summed E-state index contributed by atoms with van der Waals surface area (Å²) in [6, 6.07) is 15.3. The molecule has 2 fully saturated rings. The highest BCUT2D eigenvalue weighted by Gasteiger charge is 2.47. The number of hydrogen-bond acceptors (Lipinski definition) is 15. The number of imidazole rings is 1. The number of aromatic hydroxyl groups is 1. The molecule has 2 aliphatic rings. The summed E-state index contributed by atoms with van der Waals surface area (Å²) in [7, 11) is 0. The van der Waals surface area contributed by atoms with Crippen molar-refractivity contribution in [2.24, 2.45) is 0 Å². The number of fused-ring (bicyclic) bond motifs is 1. The van der Waals surface area contributed by atoms with E-state index in [1.54, 1.807) is 24.3 Å². The average Bonchev–Trinajstić information content (AvgIpc) is 3.96. The molecule has 274 valence electrons. The van der Waals surface area contributed by atoms with Gasteiger partial charge in [-0.1, -0.05) is 42.5 Å². The fourth-order valence-electron chi connectivity index (χ4n) is 6.39. The highest BCUT2D eigenvalue weighted by Crippen LogP contribution is 2.39. The van der Waals surface area contributed by atoms with Crippen LogP contribution in [0, 0.1) is 0 Å². The number of anilines is 2. The van der Waals surface area contributed by atoms with Gasteiger partial charge >= 0.3 is 6.03 Å². The maximum absolute atomic E-state index is 12.7. The van der Waals surface area contributed by atoms with Crippen LogP contribution < -0.4 is 20.9 Å². The molecule has 8 N–H and O–H groups in total. The SMILES string of the molecule is O=C(NCc1cccc(O)c1)NC1CCN(c2nc(N[C@H](CO)Cc3ccccc3)c3ncn([C@@H]4O[C@H](c5nnn(CCO)n5)[C@@H](O)[C@H]4O)c3n2)C1. The summed E-state index contributed by atoms with van der Waals surface area (Å²) in [5, 5.41) is 72.5. The predicted molar refractivity (Wildman–Crippen MR) is 184 cm³/mol. The third-order valence-corrected chi connectivity index (χ3v) is 9.00. The number of carbonyl (C=O) groups excluding carboxylic acids is 1. The van der Waals surface area contributed by atoms with Crippen molar-refractivity contribution in [1.29, 1.82) is 0 Å². The van der Waals surface area contributed by atoms with Gasteiger partial charge in [0, 0.05) is 25.7 Å². The number of phenols is 1. The minimum Gasteiger partial charge on any atom is -0.508 e. The lowest BCUT2D eigenvalue weighted by Gasteiger charge is -2.22. The number of aromatic nitrogens is 8. The third-order valence-electron chi connectivity index (χ3n) is 9.00. The first-order valence-corrected chi connectivity index (χ1v) is 16.9. The van der Waals surface area contributed by atoms with Gasteiger partial charge in [-0.15, -0.1) is 10.2 Å². The van der Waals surface area contributed by atoms with Crippen molar-refractivity contribution >= 4 is 29.0 Å². The van der Waals surface area contributed by atoms with Gasteiger partial charge < -0.3 is 51.1 Å². The number of benzene rings is 2. The molecule has 0 radical (unpaired) electrons. The summed E-state index contributed by atoms with van der Waals surface area (Å²) in [6.07, 6.45) is -2.58. The van der Waals surface area contributed by atoms with Crippen LogP contribution in [-0.4, -0.2) is 122 Å². The largest absolute Gasteiger partial charge is 0.508 e. The zero-order chi connectivity index (χ0) is 36.2. The van der Waals surface area contributed by atoms with E-state index in [-0.39, 0.29) is 55.6 Å². The Kier molecular flexibility index (Phi) is 10.4. The van der Waals surface area contributed by atoms with Crippen LogP contribution >= 0.6 is 0 Å². The van der Waals surface area contributed by atoms with E-state index in [0.717, 1.165) is 11.1 Å². The molecule has 2 amide bonds. The molecule has 52 heavy (non-hydrogen) atoms. The molecule has 3 aromatic heterocycles. The number of nitrogens with one attached hydrogen (secondary N) is 3. The Morgan fingerprint density at radius 3 is 2.65 bits per heavy atom. The second-order valence-electron chi connectivity index (χ2n) is 12.7. The van der Waals surface area contributed by atoms with Crippen molar-refractivity contribution < 1.29 is 35.1 Å².